The minimum absolute atomic E-state index is 0.0221. The van der Waals surface area contributed by atoms with Crippen molar-refractivity contribution in [2.45, 2.75) is 26.0 Å². The van der Waals surface area contributed by atoms with E-state index in [1.165, 1.54) is 9.75 Å². The highest BCUT2D eigenvalue weighted by Gasteiger charge is 2.16. The van der Waals surface area contributed by atoms with Crippen LogP contribution < -0.4 is 10.6 Å². The molecule has 0 spiro atoms. The van der Waals surface area contributed by atoms with E-state index in [9.17, 15) is 4.79 Å². The molecule has 1 amide bonds. The molecule has 0 aliphatic carbocycles. The molecule has 0 radical (unpaired) electrons. The van der Waals surface area contributed by atoms with Gasteiger partial charge in [0.2, 0.25) is 5.91 Å². The number of rotatable bonds is 4. The summed E-state index contributed by atoms with van der Waals surface area (Å²) >= 11 is 1.72. The van der Waals surface area contributed by atoms with Gasteiger partial charge in [-0.05, 0) is 19.1 Å². The van der Waals surface area contributed by atoms with Crippen LogP contribution in [0, 0.1) is 6.92 Å². The highest BCUT2D eigenvalue weighted by Crippen LogP contribution is 2.14. The van der Waals surface area contributed by atoms with Crippen LogP contribution in [0.5, 0.6) is 0 Å². The summed E-state index contributed by atoms with van der Waals surface area (Å²) in [5, 5.41) is 6.14. The Morgan fingerprint density at radius 2 is 2.53 bits per heavy atom. The molecule has 0 aromatic carbocycles. The van der Waals surface area contributed by atoms with Crippen LogP contribution in [0.4, 0.5) is 0 Å². The standard InChI is InChI=1S/C12H18N2O2S/c1-9-2-3-11(17-9)8-14-12(15)6-10-7-13-4-5-16-10/h2-3,10,13H,4-8H2,1H3,(H,14,15). The van der Waals surface area contributed by atoms with E-state index in [0.29, 0.717) is 19.6 Å². The molecule has 0 bridgehead atoms. The maximum atomic E-state index is 11.7. The van der Waals surface area contributed by atoms with E-state index in [-0.39, 0.29) is 12.0 Å². The summed E-state index contributed by atoms with van der Waals surface area (Å²) < 4.78 is 5.48. The van der Waals surface area contributed by atoms with Crippen LogP contribution in [0.3, 0.4) is 0 Å². The van der Waals surface area contributed by atoms with Gasteiger partial charge in [0.15, 0.2) is 0 Å². The van der Waals surface area contributed by atoms with E-state index in [1.807, 2.05) is 0 Å². The Morgan fingerprint density at radius 1 is 1.65 bits per heavy atom. The first-order valence-electron chi connectivity index (χ1n) is 5.88. The number of nitrogens with one attached hydrogen (secondary N) is 2. The van der Waals surface area contributed by atoms with E-state index in [1.54, 1.807) is 11.3 Å². The predicted octanol–water partition coefficient (Wildman–Crippen LogP) is 1.05. The molecule has 1 aliphatic rings. The van der Waals surface area contributed by atoms with Crippen LogP contribution in [0.25, 0.3) is 0 Å². The van der Waals surface area contributed by atoms with Crippen LogP contribution in [-0.2, 0) is 16.1 Å². The van der Waals surface area contributed by atoms with E-state index in [0.717, 1.165) is 13.1 Å². The molecule has 2 N–H and O–H groups in total. The molecule has 17 heavy (non-hydrogen) atoms. The van der Waals surface area contributed by atoms with Gasteiger partial charge in [0, 0.05) is 22.8 Å². The van der Waals surface area contributed by atoms with Crippen molar-refractivity contribution in [1.29, 1.82) is 0 Å². The third-order valence-electron chi connectivity index (χ3n) is 2.67. The molecular weight excluding hydrogens is 236 g/mol. The second-order valence-corrected chi connectivity index (χ2v) is 5.56. The minimum atomic E-state index is 0.0221. The Balaban J connectivity index is 1.70. The van der Waals surface area contributed by atoms with Gasteiger partial charge >= 0.3 is 0 Å². The molecule has 94 valence electrons. The highest BCUT2D eigenvalue weighted by molar-refractivity contribution is 7.11. The maximum absolute atomic E-state index is 11.7. The van der Waals surface area contributed by atoms with Crippen molar-refractivity contribution < 1.29 is 9.53 Å². The molecule has 2 rings (SSSR count). The zero-order valence-electron chi connectivity index (χ0n) is 9.99. The van der Waals surface area contributed by atoms with E-state index in [4.69, 9.17) is 4.74 Å². The fourth-order valence-electron chi connectivity index (χ4n) is 1.80. The smallest absolute Gasteiger partial charge is 0.222 e. The van der Waals surface area contributed by atoms with Gasteiger partial charge in [0.05, 0.1) is 25.7 Å². The number of hydrogen-bond donors (Lipinski definition) is 2. The Bertz CT molecular complexity index is 372. The van der Waals surface area contributed by atoms with Crippen molar-refractivity contribution in [2.75, 3.05) is 19.7 Å². The highest BCUT2D eigenvalue weighted by atomic mass is 32.1. The number of aryl methyl sites for hydroxylation is 1. The number of ether oxygens (including phenoxy) is 1. The number of carbonyl (C=O) groups is 1. The average Bonchev–Trinajstić information content (AvgIpc) is 2.74. The lowest BCUT2D eigenvalue weighted by atomic mass is 10.2. The van der Waals surface area contributed by atoms with Crippen LogP contribution in [0.1, 0.15) is 16.2 Å². The van der Waals surface area contributed by atoms with Gasteiger partial charge in [0.1, 0.15) is 0 Å². The zero-order valence-corrected chi connectivity index (χ0v) is 10.8. The van der Waals surface area contributed by atoms with Crippen LogP contribution in [0.2, 0.25) is 0 Å². The van der Waals surface area contributed by atoms with Gasteiger partial charge in [0.25, 0.3) is 0 Å². The average molecular weight is 254 g/mol. The molecule has 0 saturated carbocycles. The Kier molecular flexibility index (Phi) is 4.53. The Morgan fingerprint density at radius 3 is 3.18 bits per heavy atom. The summed E-state index contributed by atoms with van der Waals surface area (Å²) in [4.78, 5) is 14.1. The number of carbonyl (C=O) groups excluding carboxylic acids is 1. The molecule has 1 unspecified atom stereocenters. The molecule has 5 heteroatoms. The van der Waals surface area contributed by atoms with Crippen LogP contribution >= 0.6 is 11.3 Å². The first kappa shape index (κ1) is 12.5. The summed E-state index contributed by atoms with van der Waals surface area (Å²) in [6, 6.07) is 4.12. The molecule has 1 aromatic heterocycles. The summed E-state index contributed by atoms with van der Waals surface area (Å²) in [6.45, 7) is 5.04. The number of thiophene rings is 1. The maximum Gasteiger partial charge on any atom is 0.222 e. The summed E-state index contributed by atoms with van der Waals surface area (Å²) in [7, 11) is 0. The molecular formula is C12H18N2O2S. The normalized spacial score (nSPS) is 20.2. The van der Waals surface area contributed by atoms with Gasteiger partial charge in [-0.2, -0.15) is 0 Å². The number of amides is 1. The topological polar surface area (TPSA) is 50.4 Å². The number of morpholine rings is 1. The SMILES string of the molecule is Cc1ccc(CNC(=O)CC2CNCCO2)s1. The Hall–Kier alpha value is -0.910. The monoisotopic (exact) mass is 254 g/mol. The fraction of sp³-hybridized carbons (Fsp3) is 0.583. The summed E-state index contributed by atoms with van der Waals surface area (Å²) in [6.07, 6.45) is 0.464. The van der Waals surface area contributed by atoms with Crippen molar-refractivity contribution >= 4 is 17.2 Å². The summed E-state index contributed by atoms with van der Waals surface area (Å²) in [5.74, 6) is 0.0600. The second kappa shape index (κ2) is 6.14. The van der Waals surface area contributed by atoms with Gasteiger partial charge in [-0.15, -0.1) is 11.3 Å². The quantitative estimate of drug-likeness (QED) is 0.844. The van der Waals surface area contributed by atoms with Crippen molar-refractivity contribution in [2.24, 2.45) is 0 Å². The molecule has 1 saturated heterocycles. The van der Waals surface area contributed by atoms with Crippen molar-refractivity contribution in [1.82, 2.24) is 10.6 Å². The molecule has 1 aliphatic heterocycles. The molecule has 1 aromatic rings. The summed E-state index contributed by atoms with van der Waals surface area (Å²) in [5.41, 5.74) is 0. The predicted molar refractivity (Wildman–Crippen MR) is 68.1 cm³/mol. The molecule has 1 atom stereocenters. The van der Waals surface area contributed by atoms with Crippen LogP contribution in [-0.4, -0.2) is 31.7 Å². The minimum Gasteiger partial charge on any atom is -0.375 e. The van der Waals surface area contributed by atoms with E-state index in [2.05, 4.69) is 29.7 Å². The number of hydrogen-bond acceptors (Lipinski definition) is 4. The molecule has 4 nitrogen and oxygen atoms in total. The lowest BCUT2D eigenvalue weighted by Crippen LogP contribution is -2.41. The van der Waals surface area contributed by atoms with Gasteiger partial charge in [-0.1, -0.05) is 0 Å². The van der Waals surface area contributed by atoms with Gasteiger partial charge in [-0.25, -0.2) is 0 Å². The first-order chi connectivity index (χ1) is 8.24. The van der Waals surface area contributed by atoms with Crippen molar-refractivity contribution in [3.63, 3.8) is 0 Å². The fourth-order valence-corrected chi connectivity index (χ4v) is 2.63. The molecule has 1 fully saturated rings. The largest absolute Gasteiger partial charge is 0.375 e. The lowest BCUT2D eigenvalue weighted by Gasteiger charge is -2.22. The van der Waals surface area contributed by atoms with Crippen LogP contribution in [0.15, 0.2) is 12.1 Å². The zero-order chi connectivity index (χ0) is 12.1. The Labute approximate surface area is 105 Å². The molecule has 2 heterocycles. The van der Waals surface area contributed by atoms with E-state index >= 15 is 0 Å². The van der Waals surface area contributed by atoms with Crippen molar-refractivity contribution in [3.8, 4) is 0 Å². The lowest BCUT2D eigenvalue weighted by molar-refractivity contribution is -0.124. The second-order valence-electron chi connectivity index (χ2n) is 4.19. The van der Waals surface area contributed by atoms with Gasteiger partial charge < -0.3 is 15.4 Å². The van der Waals surface area contributed by atoms with E-state index < -0.39 is 0 Å². The van der Waals surface area contributed by atoms with Gasteiger partial charge in [-0.3, -0.25) is 4.79 Å². The third kappa shape index (κ3) is 4.11. The first-order valence-corrected chi connectivity index (χ1v) is 6.70. The third-order valence-corrected chi connectivity index (χ3v) is 3.67. The van der Waals surface area contributed by atoms with Crippen molar-refractivity contribution in [3.05, 3.63) is 21.9 Å².